The van der Waals surface area contributed by atoms with Crippen molar-refractivity contribution >= 4 is 34.2 Å². The van der Waals surface area contributed by atoms with Crippen molar-refractivity contribution in [2.24, 2.45) is 5.73 Å². The second kappa shape index (κ2) is 5.97. The third-order valence-corrected chi connectivity index (χ3v) is 4.92. The Kier molecular flexibility index (Phi) is 3.98. The van der Waals surface area contributed by atoms with Gasteiger partial charge in [0.1, 0.15) is 9.88 Å². The molecule has 0 fully saturated rings. The van der Waals surface area contributed by atoms with Crippen molar-refractivity contribution in [2.45, 2.75) is 13.2 Å². The van der Waals surface area contributed by atoms with Crippen LogP contribution in [0.2, 0.25) is 0 Å². The summed E-state index contributed by atoms with van der Waals surface area (Å²) in [5, 5.41) is 3.34. The van der Waals surface area contributed by atoms with Gasteiger partial charge in [0.15, 0.2) is 0 Å². The fraction of sp³-hybridized carbons (Fsp3) is 0.188. The van der Waals surface area contributed by atoms with Gasteiger partial charge in [0.25, 0.3) is 5.91 Å². The zero-order chi connectivity index (χ0) is 17.4. The highest BCUT2D eigenvalue weighted by atomic mass is 32.1. The van der Waals surface area contributed by atoms with E-state index < -0.39 is 24.1 Å². The van der Waals surface area contributed by atoms with Crippen LogP contribution in [0.3, 0.4) is 0 Å². The number of fused-ring (bicyclic) bond motifs is 1. The Morgan fingerprint density at radius 1 is 1.33 bits per heavy atom. The largest absolute Gasteiger partial charge is 0.465 e. The third-order valence-electron chi connectivity index (χ3n) is 3.71. The molecule has 2 aromatic rings. The van der Waals surface area contributed by atoms with Gasteiger partial charge < -0.3 is 20.5 Å². The second-order valence-electron chi connectivity index (χ2n) is 5.13. The Morgan fingerprint density at radius 3 is 2.71 bits per heavy atom. The molecule has 3 N–H and O–H groups in total. The van der Waals surface area contributed by atoms with Crippen molar-refractivity contribution in [3.8, 4) is 0 Å². The van der Waals surface area contributed by atoms with Gasteiger partial charge in [-0.05, 0) is 18.6 Å². The number of thiophene rings is 1. The lowest BCUT2D eigenvalue weighted by Crippen LogP contribution is -2.16. The smallest absolute Gasteiger partial charge is 0.348 e. The fourth-order valence-corrected chi connectivity index (χ4v) is 3.72. The van der Waals surface area contributed by atoms with E-state index in [1.165, 1.54) is 7.11 Å². The third kappa shape index (κ3) is 2.50. The van der Waals surface area contributed by atoms with Gasteiger partial charge in [-0.3, -0.25) is 4.79 Å². The number of hydrogen-bond donors (Lipinski definition) is 2. The van der Waals surface area contributed by atoms with Crippen molar-refractivity contribution in [3.63, 3.8) is 0 Å². The van der Waals surface area contributed by atoms with Crippen LogP contribution in [0.15, 0.2) is 24.3 Å². The molecular weight excluding hydrogens is 332 g/mol. The van der Waals surface area contributed by atoms with Gasteiger partial charge in [-0.1, -0.05) is 18.2 Å². The molecule has 1 atom stereocenters. The number of nitrogens with one attached hydrogen (secondary N) is 1. The summed E-state index contributed by atoms with van der Waals surface area (Å²) in [5.74, 6) is -1.69. The molecule has 0 bridgehead atoms. The molecule has 1 aliphatic rings. The first kappa shape index (κ1) is 16.0. The summed E-state index contributed by atoms with van der Waals surface area (Å²) in [6, 6.07) is 6.93. The molecule has 0 spiro atoms. The number of amides is 1. The lowest BCUT2D eigenvalue weighted by atomic mass is 10.1. The lowest BCUT2D eigenvalue weighted by molar-refractivity contribution is 0.0437. The molecule has 0 saturated heterocycles. The van der Waals surface area contributed by atoms with Crippen LogP contribution in [-0.4, -0.2) is 25.0 Å². The maximum Gasteiger partial charge on any atom is 0.348 e. The Morgan fingerprint density at radius 2 is 2.04 bits per heavy atom. The molecule has 124 valence electrons. The predicted octanol–water partition coefficient (Wildman–Crippen LogP) is 2.22. The first-order valence-electron chi connectivity index (χ1n) is 7.02. The Hall–Kier alpha value is -2.87. The number of anilines is 1. The summed E-state index contributed by atoms with van der Waals surface area (Å²) >= 11 is 1.03. The quantitative estimate of drug-likeness (QED) is 0.822. The van der Waals surface area contributed by atoms with Crippen LogP contribution in [-0.2, 0) is 9.47 Å². The van der Waals surface area contributed by atoms with Crippen LogP contribution in [0.5, 0.6) is 0 Å². The highest BCUT2D eigenvalue weighted by Crippen LogP contribution is 2.38. The zero-order valence-corrected chi connectivity index (χ0v) is 13.7. The maximum absolute atomic E-state index is 11.9. The van der Waals surface area contributed by atoms with Crippen LogP contribution >= 0.6 is 11.3 Å². The number of primary amides is 1. The minimum absolute atomic E-state index is 0.181. The van der Waals surface area contributed by atoms with Crippen LogP contribution in [0.4, 0.5) is 5.00 Å². The molecule has 7 nitrogen and oxygen atoms in total. The van der Waals surface area contributed by atoms with Crippen molar-refractivity contribution < 1.29 is 23.9 Å². The minimum Gasteiger partial charge on any atom is -0.465 e. The Balaban J connectivity index is 2.01. The molecule has 24 heavy (non-hydrogen) atoms. The first-order chi connectivity index (χ1) is 11.4. The van der Waals surface area contributed by atoms with Gasteiger partial charge >= 0.3 is 11.9 Å². The van der Waals surface area contributed by atoms with E-state index in [1.54, 1.807) is 31.2 Å². The van der Waals surface area contributed by atoms with E-state index in [9.17, 15) is 14.4 Å². The number of hydrogen-bond acceptors (Lipinski definition) is 7. The van der Waals surface area contributed by atoms with Crippen molar-refractivity contribution in [1.29, 1.82) is 0 Å². The van der Waals surface area contributed by atoms with E-state index in [1.807, 2.05) is 0 Å². The molecule has 0 unspecified atom stereocenters. The number of esters is 2. The number of cyclic esters (lactones) is 1. The molecule has 0 radical (unpaired) electrons. The number of methoxy groups -OCH3 is 1. The van der Waals surface area contributed by atoms with E-state index in [-0.39, 0.29) is 10.4 Å². The summed E-state index contributed by atoms with van der Waals surface area (Å²) in [5.41, 5.74) is 7.16. The summed E-state index contributed by atoms with van der Waals surface area (Å²) in [6.45, 7) is 1.61. The average Bonchev–Trinajstić information content (AvgIpc) is 3.05. The normalized spacial score (nSPS) is 15.6. The molecule has 2 heterocycles. The fourth-order valence-electron chi connectivity index (χ4n) is 2.57. The monoisotopic (exact) mass is 346 g/mol. The van der Waals surface area contributed by atoms with Gasteiger partial charge in [0.2, 0.25) is 6.23 Å². The van der Waals surface area contributed by atoms with E-state index in [4.69, 9.17) is 15.2 Å². The highest BCUT2D eigenvalue weighted by molar-refractivity contribution is 7.18. The number of rotatable bonds is 4. The molecule has 1 amide bonds. The molecule has 8 heteroatoms. The second-order valence-corrected chi connectivity index (χ2v) is 6.15. The molecular formula is C16H14N2O5S. The minimum atomic E-state index is -0.754. The molecule has 1 aliphatic heterocycles. The molecule has 0 saturated carbocycles. The first-order valence-corrected chi connectivity index (χ1v) is 7.83. The standard InChI is InChI=1S/C16H14N2O5S/c1-7-10(12(17)19)14(24-11(7)16(21)22-2)18-13-8-5-3-4-6-9(8)15(20)23-13/h3-6,13,18H,1-2H3,(H2,17,19)/t13-/m1/s1. The SMILES string of the molecule is COC(=O)c1sc(N[C@@H]2OC(=O)c3ccccc32)c(C(N)=O)c1C. The highest BCUT2D eigenvalue weighted by Gasteiger charge is 2.33. The molecule has 1 aromatic carbocycles. The summed E-state index contributed by atoms with van der Waals surface area (Å²) < 4.78 is 10.0. The van der Waals surface area contributed by atoms with Crippen LogP contribution in [0.25, 0.3) is 0 Å². The summed E-state index contributed by atoms with van der Waals surface area (Å²) in [4.78, 5) is 35.8. The van der Waals surface area contributed by atoms with Crippen molar-refractivity contribution in [2.75, 3.05) is 12.4 Å². The number of carbonyl (C=O) groups is 3. The van der Waals surface area contributed by atoms with Crippen molar-refractivity contribution in [3.05, 3.63) is 51.4 Å². The maximum atomic E-state index is 11.9. The van der Waals surface area contributed by atoms with Crippen LogP contribution < -0.4 is 11.1 Å². The van der Waals surface area contributed by atoms with Gasteiger partial charge in [0, 0.05) is 5.56 Å². The molecule has 3 rings (SSSR count). The van der Waals surface area contributed by atoms with E-state index in [0.717, 1.165) is 11.3 Å². The Labute approximate surface area is 141 Å². The Bertz CT molecular complexity index is 858. The van der Waals surface area contributed by atoms with Crippen molar-refractivity contribution in [1.82, 2.24) is 0 Å². The van der Waals surface area contributed by atoms with Gasteiger partial charge in [-0.15, -0.1) is 11.3 Å². The van der Waals surface area contributed by atoms with Gasteiger partial charge in [0.05, 0.1) is 18.2 Å². The van der Waals surface area contributed by atoms with E-state index in [2.05, 4.69) is 5.32 Å². The molecule has 1 aromatic heterocycles. The topological polar surface area (TPSA) is 108 Å². The van der Waals surface area contributed by atoms with Crippen LogP contribution in [0.1, 0.15) is 47.7 Å². The average molecular weight is 346 g/mol. The lowest BCUT2D eigenvalue weighted by Gasteiger charge is -2.13. The zero-order valence-electron chi connectivity index (χ0n) is 12.9. The van der Waals surface area contributed by atoms with Gasteiger partial charge in [-0.2, -0.15) is 0 Å². The number of nitrogens with two attached hydrogens (primary N) is 1. The van der Waals surface area contributed by atoms with Gasteiger partial charge in [-0.25, -0.2) is 9.59 Å². The van der Waals surface area contributed by atoms with Crippen LogP contribution in [0, 0.1) is 6.92 Å². The predicted molar refractivity (Wildman–Crippen MR) is 87.1 cm³/mol. The number of carbonyl (C=O) groups excluding carboxylic acids is 3. The summed E-state index contributed by atoms with van der Waals surface area (Å²) in [6.07, 6.45) is -0.754. The molecule has 0 aliphatic carbocycles. The summed E-state index contributed by atoms with van der Waals surface area (Å²) in [7, 11) is 1.26. The number of ether oxygens (including phenoxy) is 2. The van der Waals surface area contributed by atoms with E-state index >= 15 is 0 Å². The van der Waals surface area contributed by atoms with E-state index in [0.29, 0.717) is 21.7 Å². The number of benzene rings is 1.